The lowest BCUT2D eigenvalue weighted by Gasteiger charge is -2.22. The van der Waals surface area contributed by atoms with Crippen molar-refractivity contribution < 1.29 is 14.6 Å². The Morgan fingerprint density at radius 2 is 1.50 bits per heavy atom. The van der Waals surface area contributed by atoms with Crippen molar-refractivity contribution in [1.82, 2.24) is 0 Å². The Morgan fingerprint density at radius 3 is 2.00 bits per heavy atom. The summed E-state index contributed by atoms with van der Waals surface area (Å²) in [6.45, 7) is 2.05. The topological polar surface area (TPSA) is 46.5 Å². The second kappa shape index (κ2) is 6.87. The fourth-order valence-corrected chi connectivity index (χ4v) is 2.18. The predicted molar refractivity (Wildman–Crippen MR) is 77.2 cm³/mol. The van der Waals surface area contributed by atoms with Crippen molar-refractivity contribution >= 4 is 5.97 Å². The Labute approximate surface area is 118 Å². The van der Waals surface area contributed by atoms with Crippen LogP contribution in [-0.2, 0) is 9.53 Å². The molecule has 0 heterocycles. The van der Waals surface area contributed by atoms with E-state index in [1.54, 1.807) is 19.1 Å². The van der Waals surface area contributed by atoms with E-state index in [4.69, 9.17) is 4.74 Å². The highest BCUT2D eigenvalue weighted by Gasteiger charge is 2.30. The first-order chi connectivity index (χ1) is 9.74. The van der Waals surface area contributed by atoms with Crippen molar-refractivity contribution in [2.24, 2.45) is 0 Å². The van der Waals surface area contributed by atoms with Gasteiger partial charge in [-0.25, -0.2) is 0 Å². The number of aliphatic hydroxyl groups excluding tert-OH is 1. The summed E-state index contributed by atoms with van der Waals surface area (Å²) in [4.78, 5) is 12.2. The first-order valence-electron chi connectivity index (χ1n) is 6.68. The summed E-state index contributed by atoms with van der Waals surface area (Å²) >= 11 is 0. The zero-order valence-electron chi connectivity index (χ0n) is 11.4. The van der Waals surface area contributed by atoms with Crippen LogP contribution in [0.4, 0.5) is 0 Å². The number of carbonyl (C=O) groups excluding carboxylic acids is 1. The van der Waals surface area contributed by atoms with E-state index < -0.39 is 18.0 Å². The van der Waals surface area contributed by atoms with Crippen molar-refractivity contribution in [2.45, 2.75) is 18.9 Å². The summed E-state index contributed by atoms with van der Waals surface area (Å²) < 4.78 is 5.10. The first-order valence-corrected chi connectivity index (χ1v) is 6.68. The molecule has 0 amide bonds. The lowest BCUT2D eigenvalue weighted by atomic mass is 9.89. The molecule has 3 heteroatoms. The Balaban J connectivity index is 2.34. The molecule has 20 heavy (non-hydrogen) atoms. The van der Waals surface area contributed by atoms with Gasteiger partial charge < -0.3 is 9.84 Å². The molecule has 0 radical (unpaired) electrons. The molecule has 0 spiro atoms. The van der Waals surface area contributed by atoms with Crippen LogP contribution in [0.3, 0.4) is 0 Å². The van der Waals surface area contributed by atoms with Gasteiger partial charge in [0.25, 0.3) is 0 Å². The summed E-state index contributed by atoms with van der Waals surface area (Å²) in [5, 5.41) is 10.5. The van der Waals surface area contributed by atoms with Crippen LogP contribution in [0.15, 0.2) is 60.7 Å². The van der Waals surface area contributed by atoms with Crippen LogP contribution in [0.2, 0.25) is 0 Å². The molecule has 0 aliphatic heterocycles. The van der Waals surface area contributed by atoms with Crippen LogP contribution < -0.4 is 0 Å². The highest BCUT2D eigenvalue weighted by molar-refractivity contribution is 5.79. The van der Waals surface area contributed by atoms with Gasteiger partial charge in [0.2, 0.25) is 0 Å². The molecule has 0 saturated carbocycles. The van der Waals surface area contributed by atoms with E-state index in [0.29, 0.717) is 12.2 Å². The minimum atomic E-state index is -0.919. The number of aliphatic hydroxyl groups is 1. The van der Waals surface area contributed by atoms with Crippen LogP contribution in [0.25, 0.3) is 0 Å². The quantitative estimate of drug-likeness (QED) is 0.849. The van der Waals surface area contributed by atoms with Gasteiger partial charge in [-0.05, 0) is 18.1 Å². The van der Waals surface area contributed by atoms with Crippen LogP contribution in [-0.4, -0.2) is 17.7 Å². The zero-order chi connectivity index (χ0) is 14.4. The van der Waals surface area contributed by atoms with E-state index >= 15 is 0 Å². The highest BCUT2D eigenvalue weighted by atomic mass is 16.5. The van der Waals surface area contributed by atoms with Crippen molar-refractivity contribution in [2.75, 3.05) is 6.61 Å². The van der Waals surface area contributed by atoms with Gasteiger partial charge in [-0.2, -0.15) is 0 Å². The molecule has 2 aromatic carbocycles. The monoisotopic (exact) mass is 270 g/mol. The van der Waals surface area contributed by atoms with Gasteiger partial charge in [-0.15, -0.1) is 0 Å². The Kier molecular flexibility index (Phi) is 4.91. The summed E-state index contributed by atoms with van der Waals surface area (Å²) in [5.41, 5.74) is 1.46. The van der Waals surface area contributed by atoms with Gasteiger partial charge in [0.1, 0.15) is 5.92 Å². The van der Waals surface area contributed by atoms with Gasteiger partial charge in [0.15, 0.2) is 0 Å². The fourth-order valence-electron chi connectivity index (χ4n) is 2.18. The van der Waals surface area contributed by atoms with Crippen molar-refractivity contribution in [3.63, 3.8) is 0 Å². The van der Waals surface area contributed by atoms with Crippen molar-refractivity contribution in [3.8, 4) is 0 Å². The number of ether oxygens (including phenoxy) is 1. The molecule has 3 nitrogen and oxygen atoms in total. The number of esters is 1. The van der Waals surface area contributed by atoms with Crippen molar-refractivity contribution in [1.29, 1.82) is 0 Å². The molecule has 0 aliphatic rings. The predicted octanol–water partition coefficient (Wildman–Crippen LogP) is 3.07. The molecule has 0 fully saturated rings. The van der Waals surface area contributed by atoms with Gasteiger partial charge >= 0.3 is 5.97 Å². The largest absolute Gasteiger partial charge is 0.465 e. The molecule has 0 aliphatic carbocycles. The third kappa shape index (κ3) is 3.25. The van der Waals surface area contributed by atoms with Gasteiger partial charge in [0, 0.05) is 0 Å². The van der Waals surface area contributed by atoms with Gasteiger partial charge in [-0.1, -0.05) is 60.7 Å². The zero-order valence-corrected chi connectivity index (χ0v) is 11.4. The molecule has 0 unspecified atom stereocenters. The second-order valence-corrected chi connectivity index (χ2v) is 4.50. The highest BCUT2D eigenvalue weighted by Crippen LogP contribution is 2.31. The lowest BCUT2D eigenvalue weighted by molar-refractivity contribution is -0.148. The van der Waals surface area contributed by atoms with Crippen LogP contribution in [0.5, 0.6) is 0 Å². The first kappa shape index (κ1) is 14.3. The van der Waals surface area contributed by atoms with E-state index in [2.05, 4.69) is 0 Å². The number of rotatable bonds is 5. The van der Waals surface area contributed by atoms with Crippen LogP contribution in [0, 0.1) is 0 Å². The van der Waals surface area contributed by atoms with E-state index in [-0.39, 0.29) is 0 Å². The van der Waals surface area contributed by atoms with Gasteiger partial charge in [-0.3, -0.25) is 4.79 Å². The number of carbonyl (C=O) groups is 1. The maximum absolute atomic E-state index is 12.2. The second-order valence-electron chi connectivity index (χ2n) is 4.50. The molecule has 2 atom stereocenters. The van der Waals surface area contributed by atoms with E-state index in [9.17, 15) is 9.90 Å². The summed E-state index contributed by atoms with van der Waals surface area (Å²) in [6, 6.07) is 18.4. The molecular formula is C17H18O3. The van der Waals surface area contributed by atoms with Crippen LogP contribution in [0.1, 0.15) is 30.1 Å². The minimum Gasteiger partial charge on any atom is -0.465 e. The Hall–Kier alpha value is -2.13. The molecule has 0 saturated heterocycles. The number of hydrogen-bond donors (Lipinski definition) is 1. The minimum absolute atomic E-state index is 0.295. The normalized spacial score (nSPS) is 13.5. The van der Waals surface area contributed by atoms with E-state index in [0.717, 1.165) is 5.56 Å². The summed E-state index contributed by atoms with van der Waals surface area (Å²) in [6.07, 6.45) is -0.919. The van der Waals surface area contributed by atoms with E-state index in [1.807, 2.05) is 48.5 Å². The standard InChI is InChI=1S/C17H18O3/c1-2-20-17(19)15(13-9-5-3-6-10-13)16(18)14-11-7-4-8-12-14/h3-12,15-16,18H,2H2,1H3/t15-,16-/m1/s1. The summed E-state index contributed by atoms with van der Waals surface area (Å²) in [7, 11) is 0. The molecule has 104 valence electrons. The average molecular weight is 270 g/mol. The molecule has 2 rings (SSSR count). The molecule has 1 N–H and O–H groups in total. The van der Waals surface area contributed by atoms with Crippen LogP contribution >= 0.6 is 0 Å². The van der Waals surface area contributed by atoms with Crippen molar-refractivity contribution in [3.05, 3.63) is 71.8 Å². The maximum atomic E-state index is 12.2. The summed E-state index contributed by atoms with van der Waals surface area (Å²) in [5.74, 6) is -1.12. The molecule has 0 bridgehead atoms. The smallest absolute Gasteiger partial charge is 0.316 e. The SMILES string of the molecule is CCOC(=O)[C@H](c1ccccc1)[C@H](O)c1ccccc1. The van der Waals surface area contributed by atoms with Gasteiger partial charge in [0.05, 0.1) is 12.7 Å². The van der Waals surface area contributed by atoms with E-state index in [1.165, 1.54) is 0 Å². The Morgan fingerprint density at radius 1 is 1.00 bits per heavy atom. The molecule has 0 aromatic heterocycles. The molecule has 2 aromatic rings. The molecular weight excluding hydrogens is 252 g/mol. The Bertz CT molecular complexity index is 537. The third-order valence-electron chi connectivity index (χ3n) is 3.16. The third-order valence-corrected chi connectivity index (χ3v) is 3.16. The fraction of sp³-hybridized carbons (Fsp3) is 0.235. The number of benzene rings is 2. The lowest BCUT2D eigenvalue weighted by Crippen LogP contribution is -2.22. The number of hydrogen-bond acceptors (Lipinski definition) is 3. The average Bonchev–Trinajstić information content (AvgIpc) is 2.50. The maximum Gasteiger partial charge on any atom is 0.316 e.